The molecule has 0 aliphatic carbocycles. The van der Waals surface area contributed by atoms with Gasteiger partial charge in [-0.3, -0.25) is 14.9 Å². The van der Waals surface area contributed by atoms with Gasteiger partial charge in [0.25, 0.3) is 5.91 Å². The molecule has 0 unspecified atom stereocenters. The van der Waals surface area contributed by atoms with E-state index >= 15 is 0 Å². The number of ether oxygens (including phenoxy) is 2. The predicted molar refractivity (Wildman–Crippen MR) is 124 cm³/mol. The van der Waals surface area contributed by atoms with Crippen LogP contribution in [0.1, 0.15) is 34.6 Å². The van der Waals surface area contributed by atoms with Crippen molar-refractivity contribution in [2.45, 2.75) is 13.8 Å². The van der Waals surface area contributed by atoms with Gasteiger partial charge in [-0.25, -0.2) is 4.79 Å². The number of nitrogens with zero attached hydrogens (tertiary/aromatic N) is 3. The average molecular weight is 456 g/mol. The zero-order chi connectivity index (χ0) is 24.0. The summed E-state index contributed by atoms with van der Waals surface area (Å²) in [5, 5.41) is 14.2. The van der Waals surface area contributed by atoms with Crippen LogP contribution in [0.15, 0.2) is 36.4 Å². The Kier molecular flexibility index (Phi) is 7.83. The van der Waals surface area contributed by atoms with E-state index in [4.69, 9.17) is 9.47 Å². The number of nitrogens with one attached hydrogen (secondary N) is 1. The van der Waals surface area contributed by atoms with Crippen molar-refractivity contribution in [1.29, 1.82) is 0 Å². The fourth-order valence-corrected chi connectivity index (χ4v) is 3.73. The van der Waals surface area contributed by atoms with Crippen LogP contribution in [0.4, 0.5) is 17.1 Å². The van der Waals surface area contributed by atoms with Crippen LogP contribution < -0.4 is 15.0 Å². The van der Waals surface area contributed by atoms with E-state index in [9.17, 15) is 19.7 Å². The monoisotopic (exact) mass is 456 g/mol. The summed E-state index contributed by atoms with van der Waals surface area (Å²) >= 11 is 0. The van der Waals surface area contributed by atoms with Gasteiger partial charge in [-0.05, 0) is 43.8 Å². The first-order valence-electron chi connectivity index (χ1n) is 10.8. The molecular formula is C23H28N4O6. The van der Waals surface area contributed by atoms with Gasteiger partial charge < -0.3 is 24.6 Å². The Labute approximate surface area is 192 Å². The molecule has 0 bridgehead atoms. The minimum Gasteiger partial charge on any atom is -0.490 e. The van der Waals surface area contributed by atoms with Gasteiger partial charge in [-0.1, -0.05) is 6.92 Å². The number of rotatable bonds is 8. The Morgan fingerprint density at radius 1 is 1.06 bits per heavy atom. The Morgan fingerprint density at radius 3 is 2.36 bits per heavy atom. The first-order chi connectivity index (χ1) is 15.9. The number of esters is 1. The van der Waals surface area contributed by atoms with E-state index in [-0.39, 0.29) is 23.6 Å². The quantitative estimate of drug-likeness (QED) is 0.366. The second kappa shape index (κ2) is 10.8. The fourth-order valence-electron chi connectivity index (χ4n) is 3.73. The van der Waals surface area contributed by atoms with Crippen molar-refractivity contribution in [3.05, 3.63) is 57.6 Å². The lowest BCUT2D eigenvalue weighted by atomic mass is 10.1. The molecule has 1 N–H and O–H groups in total. The smallest absolute Gasteiger partial charge is 0.338 e. The van der Waals surface area contributed by atoms with E-state index < -0.39 is 16.8 Å². The molecular weight excluding hydrogens is 428 g/mol. The van der Waals surface area contributed by atoms with E-state index in [2.05, 4.69) is 22.0 Å². The van der Waals surface area contributed by atoms with Crippen LogP contribution in [-0.2, 0) is 4.74 Å². The maximum Gasteiger partial charge on any atom is 0.338 e. The molecule has 0 spiro atoms. The first-order valence-corrected chi connectivity index (χ1v) is 10.8. The molecule has 0 radical (unpaired) electrons. The number of hydrogen-bond donors (Lipinski definition) is 1. The topological polar surface area (TPSA) is 114 Å². The standard InChI is InChI=1S/C23H28N4O6/c1-4-25-10-12-26(13-11-25)19-8-6-17(23(29)33-5-2)14-18(19)24-22(28)16-7-9-21(32-3)20(15-16)27(30)31/h6-9,14-15H,4-5,10-13H2,1-3H3,(H,24,28). The van der Waals surface area contributed by atoms with E-state index in [1.54, 1.807) is 25.1 Å². The maximum absolute atomic E-state index is 13.0. The highest BCUT2D eigenvalue weighted by Crippen LogP contribution is 2.31. The highest BCUT2D eigenvalue weighted by atomic mass is 16.6. The third-order valence-electron chi connectivity index (χ3n) is 5.55. The summed E-state index contributed by atoms with van der Waals surface area (Å²) in [6.45, 7) is 8.34. The molecule has 2 aromatic carbocycles. The lowest BCUT2D eigenvalue weighted by molar-refractivity contribution is -0.385. The molecule has 10 nitrogen and oxygen atoms in total. The van der Waals surface area contributed by atoms with Crippen molar-refractivity contribution in [1.82, 2.24) is 4.90 Å². The van der Waals surface area contributed by atoms with Crippen molar-refractivity contribution in [3.8, 4) is 5.75 Å². The van der Waals surface area contributed by atoms with Gasteiger partial charge in [0.1, 0.15) is 0 Å². The average Bonchev–Trinajstić information content (AvgIpc) is 2.83. The summed E-state index contributed by atoms with van der Waals surface area (Å²) in [6, 6.07) is 9.05. The van der Waals surface area contributed by atoms with Crippen LogP contribution >= 0.6 is 0 Å². The summed E-state index contributed by atoms with van der Waals surface area (Å²) < 4.78 is 10.1. The number of nitro groups is 1. The molecule has 1 fully saturated rings. The van der Waals surface area contributed by atoms with Crippen LogP contribution in [0.2, 0.25) is 0 Å². The second-order valence-electron chi connectivity index (χ2n) is 7.47. The van der Waals surface area contributed by atoms with Crippen LogP contribution in [0.3, 0.4) is 0 Å². The number of methoxy groups -OCH3 is 1. The molecule has 2 aromatic rings. The van der Waals surface area contributed by atoms with Crippen molar-refractivity contribution in [3.63, 3.8) is 0 Å². The Hall–Kier alpha value is -3.66. The molecule has 1 amide bonds. The lowest BCUT2D eigenvalue weighted by Crippen LogP contribution is -2.46. The maximum atomic E-state index is 13.0. The van der Waals surface area contributed by atoms with Crippen molar-refractivity contribution in [2.24, 2.45) is 0 Å². The van der Waals surface area contributed by atoms with Gasteiger partial charge >= 0.3 is 11.7 Å². The normalized spacial score (nSPS) is 14.0. The highest BCUT2D eigenvalue weighted by molar-refractivity contribution is 6.07. The zero-order valence-electron chi connectivity index (χ0n) is 19.0. The Morgan fingerprint density at radius 2 is 1.76 bits per heavy atom. The Balaban J connectivity index is 1.93. The van der Waals surface area contributed by atoms with Gasteiger partial charge in [-0.15, -0.1) is 0 Å². The van der Waals surface area contributed by atoms with E-state index in [0.717, 1.165) is 38.4 Å². The van der Waals surface area contributed by atoms with Gasteiger partial charge in [0, 0.05) is 37.8 Å². The molecule has 0 aromatic heterocycles. The molecule has 1 aliphatic rings. The van der Waals surface area contributed by atoms with Gasteiger partial charge in [0.15, 0.2) is 5.75 Å². The highest BCUT2D eigenvalue weighted by Gasteiger charge is 2.23. The van der Waals surface area contributed by atoms with E-state index in [1.165, 1.54) is 25.3 Å². The van der Waals surface area contributed by atoms with E-state index in [0.29, 0.717) is 11.3 Å². The second-order valence-corrected chi connectivity index (χ2v) is 7.47. The molecule has 176 valence electrons. The first kappa shape index (κ1) is 24.0. The minimum atomic E-state index is -0.602. The molecule has 1 aliphatic heterocycles. The Bertz CT molecular complexity index is 1030. The minimum absolute atomic E-state index is 0.0651. The van der Waals surface area contributed by atoms with E-state index in [1.807, 2.05) is 0 Å². The third-order valence-corrected chi connectivity index (χ3v) is 5.55. The lowest BCUT2D eigenvalue weighted by Gasteiger charge is -2.36. The number of amides is 1. The fraction of sp³-hybridized carbons (Fsp3) is 0.391. The van der Waals surface area contributed by atoms with Gasteiger partial charge in [0.05, 0.1) is 35.6 Å². The van der Waals surface area contributed by atoms with Gasteiger partial charge in [0.2, 0.25) is 0 Å². The molecule has 3 rings (SSSR count). The molecule has 33 heavy (non-hydrogen) atoms. The van der Waals surface area contributed by atoms with Crippen LogP contribution in [0.25, 0.3) is 0 Å². The number of nitro benzene ring substituents is 1. The SMILES string of the molecule is CCOC(=O)c1ccc(N2CCN(CC)CC2)c(NC(=O)c2ccc(OC)c([N+](=O)[O-])c2)c1. The van der Waals surface area contributed by atoms with Crippen molar-refractivity contribution >= 4 is 28.9 Å². The van der Waals surface area contributed by atoms with Crippen molar-refractivity contribution < 1.29 is 24.0 Å². The number of carbonyl (C=O) groups excluding carboxylic acids is 2. The summed E-state index contributed by atoms with van der Waals surface area (Å²) in [6.07, 6.45) is 0. The zero-order valence-corrected chi connectivity index (χ0v) is 19.0. The van der Waals surface area contributed by atoms with Crippen molar-refractivity contribution in [2.75, 3.05) is 56.7 Å². The summed E-state index contributed by atoms with van der Waals surface area (Å²) in [5.74, 6) is -0.957. The van der Waals surface area contributed by atoms with Crippen LogP contribution in [-0.4, -0.2) is 68.1 Å². The summed E-state index contributed by atoms with van der Waals surface area (Å²) in [7, 11) is 1.33. The molecule has 1 heterocycles. The summed E-state index contributed by atoms with van der Waals surface area (Å²) in [5.41, 5.74) is 1.32. The summed E-state index contributed by atoms with van der Waals surface area (Å²) in [4.78, 5) is 40.5. The molecule has 0 atom stereocenters. The van der Waals surface area contributed by atoms with Crippen LogP contribution in [0.5, 0.6) is 5.75 Å². The number of hydrogen-bond acceptors (Lipinski definition) is 8. The van der Waals surface area contributed by atoms with Crippen LogP contribution in [0, 0.1) is 10.1 Å². The largest absolute Gasteiger partial charge is 0.490 e. The molecule has 0 saturated carbocycles. The number of benzene rings is 2. The number of piperazine rings is 1. The number of carbonyl (C=O) groups is 2. The number of anilines is 2. The molecule has 10 heteroatoms. The third kappa shape index (κ3) is 5.58. The predicted octanol–water partition coefficient (Wildman–Crippen LogP) is 3.17. The number of likely N-dealkylation sites (N-methyl/N-ethyl adjacent to an activating group) is 1. The van der Waals surface area contributed by atoms with Gasteiger partial charge in [-0.2, -0.15) is 0 Å². The molecule has 1 saturated heterocycles.